The predicted octanol–water partition coefficient (Wildman–Crippen LogP) is 5.09. The second kappa shape index (κ2) is 9.10. The molecule has 1 atom stereocenters. The molecule has 1 saturated heterocycles. The summed E-state index contributed by atoms with van der Waals surface area (Å²) in [7, 11) is 2.16. The van der Waals surface area contributed by atoms with E-state index in [-0.39, 0.29) is 5.83 Å². The molecule has 3 aliphatic heterocycles. The van der Waals surface area contributed by atoms with Crippen LogP contribution in [-0.4, -0.2) is 48.4 Å². The Bertz CT molecular complexity index is 966. The van der Waals surface area contributed by atoms with Gasteiger partial charge in [-0.25, -0.2) is 9.40 Å². The van der Waals surface area contributed by atoms with Gasteiger partial charge in [-0.1, -0.05) is 36.4 Å². The molecule has 1 fully saturated rings. The van der Waals surface area contributed by atoms with Crippen LogP contribution < -0.4 is 10.1 Å². The number of hydrogen-bond acceptors (Lipinski definition) is 5. The summed E-state index contributed by atoms with van der Waals surface area (Å²) in [5.74, 6) is 1.44. The highest BCUT2D eigenvalue weighted by Gasteiger charge is 2.49. The second-order valence-electron chi connectivity index (χ2n) is 9.50. The molecule has 3 heterocycles. The average Bonchev–Trinajstić information content (AvgIpc) is 3.13. The maximum Gasteiger partial charge on any atom is 0.124 e. The van der Waals surface area contributed by atoms with Crippen molar-refractivity contribution in [2.75, 3.05) is 26.7 Å². The van der Waals surface area contributed by atoms with Gasteiger partial charge in [0.05, 0.1) is 12.3 Å². The van der Waals surface area contributed by atoms with E-state index in [4.69, 9.17) is 9.84 Å². The Morgan fingerprint density at radius 1 is 1.25 bits per heavy atom. The molecule has 6 heteroatoms. The van der Waals surface area contributed by atoms with E-state index in [0.717, 1.165) is 60.8 Å². The predicted molar refractivity (Wildman–Crippen MR) is 128 cm³/mol. The molecule has 5 nitrogen and oxygen atoms in total. The molecular weight excluding hydrogens is 403 g/mol. The lowest BCUT2D eigenvalue weighted by Gasteiger charge is -2.43. The number of nitrogens with zero attached hydrogens (tertiary/aromatic N) is 3. The first-order chi connectivity index (χ1) is 15.3. The molecule has 0 aliphatic carbocycles. The Morgan fingerprint density at radius 3 is 2.66 bits per heavy atom. The molecule has 32 heavy (non-hydrogen) atoms. The van der Waals surface area contributed by atoms with Crippen molar-refractivity contribution in [3.8, 4) is 5.75 Å². The van der Waals surface area contributed by atoms with Crippen LogP contribution in [0.15, 0.2) is 64.8 Å². The monoisotopic (exact) mass is 438 g/mol. The molecule has 1 spiro atoms. The quantitative estimate of drug-likeness (QED) is 0.650. The van der Waals surface area contributed by atoms with Gasteiger partial charge in [0, 0.05) is 30.0 Å². The highest BCUT2D eigenvalue weighted by atomic mass is 19.1. The summed E-state index contributed by atoms with van der Waals surface area (Å²) in [6.45, 7) is 12.6. The van der Waals surface area contributed by atoms with E-state index in [1.165, 1.54) is 6.92 Å². The topological polar surface area (TPSA) is 40.1 Å². The third kappa shape index (κ3) is 4.33. The van der Waals surface area contributed by atoms with Gasteiger partial charge in [-0.3, -0.25) is 0 Å². The van der Waals surface area contributed by atoms with Crippen LogP contribution in [0.4, 0.5) is 4.39 Å². The molecule has 1 aromatic carbocycles. The van der Waals surface area contributed by atoms with E-state index < -0.39 is 5.54 Å². The van der Waals surface area contributed by atoms with Crippen LogP contribution in [0, 0.1) is 0 Å². The number of hydrazone groups is 1. The Balaban J connectivity index is 1.72. The fraction of sp³-hybridized carbons (Fsp3) is 0.500. The van der Waals surface area contributed by atoms with Crippen molar-refractivity contribution in [1.82, 2.24) is 15.2 Å². The molecule has 1 unspecified atom stereocenters. The number of halogens is 1. The smallest absolute Gasteiger partial charge is 0.124 e. The molecule has 0 radical (unpaired) electrons. The number of para-hydroxylation sites is 1. The van der Waals surface area contributed by atoms with E-state index in [1.54, 1.807) is 0 Å². The summed E-state index contributed by atoms with van der Waals surface area (Å²) >= 11 is 0. The number of nitrogens with one attached hydrogen (secondary N) is 1. The van der Waals surface area contributed by atoms with Gasteiger partial charge >= 0.3 is 0 Å². The largest absolute Gasteiger partial charge is 0.493 e. The minimum Gasteiger partial charge on any atom is -0.493 e. The number of rotatable bonds is 5. The van der Waals surface area contributed by atoms with Crippen LogP contribution >= 0.6 is 0 Å². The molecule has 1 N–H and O–H groups in total. The van der Waals surface area contributed by atoms with Gasteiger partial charge in [-0.05, 0) is 59.8 Å². The summed E-state index contributed by atoms with van der Waals surface area (Å²) in [5, 5.41) is 10.7. The lowest BCUT2D eigenvalue weighted by atomic mass is 9.79. The van der Waals surface area contributed by atoms with E-state index in [2.05, 4.69) is 29.9 Å². The maximum absolute atomic E-state index is 14.6. The van der Waals surface area contributed by atoms with Crippen molar-refractivity contribution >= 4 is 5.71 Å². The first kappa shape index (κ1) is 22.6. The van der Waals surface area contributed by atoms with Crippen molar-refractivity contribution in [1.29, 1.82) is 0 Å². The Hall–Kier alpha value is -2.60. The summed E-state index contributed by atoms with van der Waals surface area (Å²) < 4.78 is 20.6. The minimum atomic E-state index is -0.435. The number of hydrogen-bond donors (Lipinski definition) is 1. The van der Waals surface area contributed by atoms with Gasteiger partial charge in [0.25, 0.3) is 0 Å². The number of allylic oxidation sites excluding steroid dienone is 4. The molecule has 0 bridgehead atoms. The highest BCUT2D eigenvalue weighted by Crippen LogP contribution is 2.49. The van der Waals surface area contributed by atoms with Crippen LogP contribution in [0.3, 0.4) is 0 Å². The summed E-state index contributed by atoms with van der Waals surface area (Å²) in [5.41, 5.74) is 3.03. The van der Waals surface area contributed by atoms with Crippen molar-refractivity contribution in [2.24, 2.45) is 5.10 Å². The summed E-state index contributed by atoms with van der Waals surface area (Å²) in [4.78, 5) is 2.35. The zero-order valence-electron chi connectivity index (χ0n) is 19.7. The standard InChI is InChI=1S/C26H35FN4O/c1-18(2)16-22(19(3)27)24-17-26(12-15-32-25-9-7-6-8-23(25)26)31(29-24)20(4)28-21-10-13-30(5)14-11-21/h6-9,16,21,28H,4,10-15,17H2,1-3,5H3/b22-19-. The summed E-state index contributed by atoms with van der Waals surface area (Å²) in [6, 6.07) is 8.50. The number of piperidine rings is 1. The number of benzene rings is 1. The maximum atomic E-state index is 14.6. The lowest BCUT2D eigenvalue weighted by Crippen LogP contribution is -2.49. The average molecular weight is 439 g/mol. The third-order valence-corrected chi connectivity index (χ3v) is 6.71. The SMILES string of the molecule is C=C(NC1CCN(C)CC1)N1N=C(/C(C=C(C)C)=C(/C)F)CC12CCOc1ccccc12. The van der Waals surface area contributed by atoms with Crippen molar-refractivity contribution in [2.45, 2.75) is 58.0 Å². The molecule has 172 valence electrons. The number of ether oxygens (including phenoxy) is 1. The fourth-order valence-electron chi connectivity index (χ4n) is 5.04. The molecule has 0 aromatic heterocycles. The Kier molecular flexibility index (Phi) is 6.42. The second-order valence-corrected chi connectivity index (χ2v) is 9.50. The fourth-order valence-corrected chi connectivity index (χ4v) is 5.04. The van der Waals surface area contributed by atoms with Gasteiger partial charge in [0.15, 0.2) is 0 Å². The molecule has 1 aromatic rings. The number of fused-ring (bicyclic) bond motifs is 2. The first-order valence-corrected chi connectivity index (χ1v) is 11.6. The van der Waals surface area contributed by atoms with E-state index >= 15 is 0 Å². The zero-order valence-corrected chi connectivity index (χ0v) is 19.7. The van der Waals surface area contributed by atoms with Crippen LogP contribution in [-0.2, 0) is 5.54 Å². The summed E-state index contributed by atoms with van der Waals surface area (Å²) in [6.07, 6.45) is 5.41. The Labute approximate surface area is 191 Å². The van der Waals surface area contributed by atoms with Crippen LogP contribution in [0.2, 0.25) is 0 Å². The van der Waals surface area contributed by atoms with Crippen molar-refractivity contribution < 1.29 is 9.13 Å². The van der Waals surface area contributed by atoms with Crippen LogP contribution in [0.25, 0.3) is 0 Å². The molecule has 0 saturated carbocycles. The van der Waals surface area contributed by atoms with Crippen molar-refractivity contribution in [3.05, 3.63) is 65.3 Å². The van der Waals surface area contributed by atoms with Gasteiger partial charge in [0.2, 0.25) is 0 Å². The van der Waals surface area contributed by atoms with E-state index in [9.17, 15) is 4.39 Å². The van der Waals surface area contributed by atoms with Crippen LogP contribution in [0.5, 0.6) is 5.75 Å². The van der Waals surface area contributed by atoms with Gasteiger partial charge < -0.3 is 15.0 Å². The van der Waals surface area contributed by atoms with Gasteiger partial charge in [-0.15, -0.1) is 0 Å². The van der Waals surface area contributed by atoms with Gasteiger partial charge in [-0.2, -0.15) is 5.10 Å². The van der Waals surface area contributed by atoms with E-state index in [1.807, 2.05) is 43.1 Å². The zero-order chi connectivity index (χ0) is 22.9. The van der Waals surface area contributed by atoms with Gasteiger partial charge in [0.1, 0.15) is 22.9 Å². The molecule has 4 rings (SSSR count). The normalized spacial score (nSPS) is 24.4. The van der Waals surface area contributed by atoms with E-state index in [0.29, 0.717) is 24.6 Å². The van der Waals surface area contributed by atoms with Crippen molar-refractivity contribution in [3.63, 3.8) is 0 Å². The van der Waals surface area contributed by atoms with Crippen LogP contribution in [0.1, 0.15) is 52.0 Å². The number of likely N-dealkylation sites (tertiary alicyclic amines) is 1. The Morgan fingerprint density at radius 2 is 1.97 bits per heavy atom. The molecule has 3 aliphatic rings. The first-order valence-electron chi connectivity index (χ1n) is 11.6. The lowest BCUT2D eigenvalue weighted by molar-refractivity contribution is 0.0850. The molecule has 0 amide bonds. The molecular formula is C26H35FN4O. The third-order valence-electron chi connectivity index (χ3n) is 6.71. The minimum absolute atomic E-state index is 0.212. The highest BCUT2D eigenvalue weighted by molar-refractivity contribution is 6.04.